The number of fused-ring (bicyclic) bond motifs is 2. The van der Waals surface area contributed by atoms with Gasteiger partial charge in [0.2, 0.25) is 0 Å². The molecule has 3 aliphatic rings. The molecule has 3 rings (SSSR count). The van der Waals surface area contributed by atoms with Crippen LogP contribution in [0.3, 0.4) is 0 Å². The first-order valence-corrected chi connectivity index (χ1v) is 6.94. The van der Waals surface area contributed by atoms with Gasteiger partial charge in [0, 0.05) is 16.9 Å². The van der Waals surface area contributed by atoms with Crippen molar-refractivity contribution in [1.82, 2.24) is 0 Å². The van der Waals surface area contributed by atoms with Crippen LogP contribution in [0.4, 0.5) is 0 Å². The highest BCUT2D eigenvalue weighted by Gasteiger charge is 2.65. The average molecular weight is 280 g/mol. The first-order chi connectivity index (χ1) is 9.35. The van der Waals surface area contributed by atoms with E-state index >= 15 is 0 Å². The highest BCUT2D eigenvalue weighted by atomic mass is 17.1. The minimum Gasteiger partial charge on any atom is -0.458 e. The van der Waals surface area contributed by atoms with Crippen LogP contribution in [0, 0.1) is 11.3 Å². The molecule has 0 aromatic rings. The number of aliphatic hydroxyl groups excluding tert-OH is 1. The normalized spacial score (nSPS) is 47.8. The van der Waals surface area contributed by atoms with Gasteiger partial charge in [0.1, 0.15) is 11.7 Å². The van der Waals surface area contributed by atoms with Gasteiger partial charge < -0.3 is 9.84 Å². The van der Waals surface area contributed by atoms with Crippen LogP contribution in [-0.2, 0) is 14.4 Å². The van der Waals surface area contributed by atoms with Crippen molar-refractivity contribution in [2.24, 2.45) is 11.3 Å². The summed E-state index contributed by atoms with van der Waals surface area (Å²) < 4.78 is 5.35. The molecular weight excluding hydrogens is 260 g/mol. The highest BCUT2D eigenvalue weighted by Crippen LogP contribution is 2.60. The Morgan fingerprint density at radius 3 is 2.75 bits per heavy atom. The number of rotatable bonds is 1. The third-order valence-corrected chi connectivity index (χ3v) is 5.65. The van der Waals surface area contributed by atoms with Gasteiger partial charge in [-0.3, -0.25) is 5.26 Å². The van der Waals surface area contributed by atoms with Gasteiger partial charge in [-0.1, -0.05) is 20.1 Å². The van der Waals surface area contributed by atoms with Gasteiger partial charge in [-0.25, -0.2) is 9.68 Å². The average Bonchev–Trinajstić information content (AvgIpc) is 2.68. The first kappa shape index (κ1) is 13.8. The molecule has 0 spiro atoms. The summed E-state index contributed by atoms with van der Waals surface area (Å²) in [5.41, 5.74) is -0.578. The van der Waals surface area contributed by atoms with Crippen LogP contribution < -0.4 is 0 Å². The minimum absolute atomic E-state index is 0.190. The van der Waals surface area contributed by atoms with Crippen molar-refractivity contribution >= 4 is 5.97 Å². The molecule has 5 atom stereocenters. The molecule has 1 heterocycles. The Kier molecular flexibility index (Phi) is 2.87. The number of hydrogen-bond donors (Lipinski definition) is 2. The lowest BCUT2D eigenvalue weighted by molar-refractivity contribution is -0.367. The Hall–Kier alpha value is -1.17. The fourth-order valence-corrected chi connectivity index (χ4v) is 4.23. The fraction of sp³-hybridized carbons (Fsp3) is 0.667. The third kappa shape index (κ3) is 1.46. The molecule has 3 fully saturated rings. The Morgan fingerprint density at radius 2 is 2.10 bits per heavy atom. The summed E-state index contributed by atoms with van der Waals surface area (Å²) in [7, 11) is 0. The summed E-state index contributed by atoms with van der Waals surface area (Å²) in [6, 6.07) is 0. The molecule has 5 unspecified atom stereocenters. The maximum absolute atomic E-state index is 11.7. The molecule has 5 heteroatoms. The van der Waals surface area contributed by atoms with E-state index in [-0.39, 0.29) is 12.0 Å². The van der Waals surface area contributed by atoms with Gasteiger partial charge in [-0.2, -0.15) is 0 Å². The fourth-order valence-electron chi connectivity index (χ4n) is 4.23. The van der Waals surface area contributed by atoms with Crippen molar-refractivity contribution in [3.8, 4) is 0 Å². The lowest BCUT2D eigenvalue weighted by Gasteiger charge is -2.57. The van der Waals surface area contributed by atoms with E-state index in [1.54, 1.807) is 0 Å². The smallest absolute Gasteiger partial charge is 0.334 e. The van der Waals surface area contributed by atoms with Gasteiger partial charge in [0.15, 0.2) is 0 Å². The third-order valence-electron chi connectivity index (χ3n) is 5.65. The van der Waals surface area contributed by atoms with E-state index < -0.39 is 23.1 Å². The number of hydrogen-bond acceptors (Lipinski definition) is 5. The van der Waals surface area contributed by atoms with Crippen LogP contribution in [-0.4, -0.2) is 34.1 Å². The second-order valence-corrected chi connectivity index (χ2v) is 6.48. The van der Waals surface area contributed by atoms with E-state index in [4.69, 9.17) is 9.62 Å². The van der Waals surface area contributed by atoms with Crippen molar-refractivity contribution in [2.45, 2.75) is 50.4 Å². The number of aliphatic hydroxyl groups is 1. The Labute approximate surface area is 117 Å². The molecule has 1 aliphatic heterocycles. The van der Waals surface area contributed by atoms with Crippen molar-refractivity contribution in [2.75, 3.05) is 0 Å². The Bertz CT molecular complexity index is 498. The van der Waals surface area contributed by atoms with E-state index in [0.717, 1.165) is 5.57 Å². The molecular formula is C15H20O5. The molecule has 1 saturated heterocycles. The standard InChI is InChI=1S/C15H20O5/c1-8-4-5-12(16)14(3)7-11-10(6-15(8,14)20-18)9(2)13(17)19-11/h10-12,16,18H,1-2,4-7H2,3H3. The number of ether oxygens (including phenoxy) is 1. The van der Waals surface area contributed by atoms with E-state index in [1.807, 2.05) is 6.92 Å². The van der Waals surface area contributed by atoms with E-state index in [1.165, 1.54) is 0 Å². The summed E-state index contributed by atoms with van der Waals surface area (Å²) in [4.78, 5) is 16.6. The number of carbonyl (C=O) groups excluding carboxylic acids is 1. The van der Waals surface area contributed by atoms with Gasteiger partial charge in [0.25, 0.3) is 0 Å². The largest absolute Gasteiger partial charge is 0.458 e. The summed E-state index contributed by atoms with van der Waals surface area (Å²) in [5.74, 6) is -0.583. The minimum atomic E-state index is -1.04. The molecule has 0 radical (unpaired) electrons. The number of carbonyl (C=O) groups is 1. The molecule has 0 aromatic carbocycles. The lowest BCUT2D eigenvalue weighted by Crippen LogP contribution is -2.63. The second-order valence-electron chi connectivity index (χ2n) is 6.48. The van der Waals surface area contributed by atoms with Gasteiger partial charge in [-0.05, 0) is 31.3 Å². The predicted octanol–water partition coefficient (Wildman–Crippen LogP) is 1.82. The quantitative estimate of drug-likeness (QED) is 0.252. The van der Waals surface area contributed by atoms with Crippen LogP contribution in [0.25, 0.3) is 0 Å². The molecule has 5 nitrogen and oxygen atoms in total. The first-order valence-electron chi connectivity index (χ1n) is 6.94. The summed E-state index contributed by atoms with van der Waals surface area (Å²) >= 11 is 0. The topological polar surface area (TPSA) is 76.0 Å². The molecule has 20 heavy (non-hydrogen) atoms. The maximum Gasteiger partial charge on any atom is 0.334 e. The van der Waals surface area contributed by atoms with Gasteiger partial charge in [-0.15, -0.1) is 0 Å². The van der Waals surface area contributed by atoms with Crippen LogP contribution in [0.5, 0.6) is 0 Å². The highest BCUT2D eigenvalue weighted by molar-refractivity contribution is 5.91. The molecule has 2 N–H and O–H groups in total. The van der Waals surface area contributed by atoms with E-state index in [2.05, 4.69) is 13.2 Å². The van der Waals surface area contributed by atoms with Crippen molar-refractivity contribution in [3.05, 3.63) is 24.3 Å². The molecule has 0 amide bonds. The van der Waals surface area contributed by atoms with Crippen molar-refractivity contribution in [3.63, 3.8) is 0 Å². The summed E-state index contributed by atoms with van der Waals surface area (Å²) in [6.45, 7) is 9.68. The van der Waals surface area contributed by atoms with Crippen molar-refractivity contribution < 1.29 is 24.8 Å². The van der Waals surface area contributed by atoms with Gasteiger partial charge >= 0.3 is 5.97 Å². The summed E-state index contributed by atoms with van der Waals surface area (Å²) in [5, 5.41) is 20.0. The van der Waals surface area contributed by atoms with Crippen LogP contribution in [0.2, 0.25) is 0 Å². The van der Waals surface area contributed by atoms with Crippen molar-refractivity contribution in [1.29, 1.82) is 0 Å². The molecule has 0 aromatic heterocycles. The lowest BCUT2D eigenvalue weighted by atomic mass is 9.51. The number of esters is 1. The van der Waals surface area contributed by atoms with E-state index in [9.17, 15) is 15.2 Å². The monoisotopic (exact) mass is 280 g/mol. The Balaban J connectivity index is 2.06. The molecule has 2 saturated carbocycles. The Morgan fingerprint density at radius 1 is 1.40 bits per heavy atom. The van der Waals surface area contributed by atoms with Crippen LogP contribution in [0.1, 0.15) is 32.6 Å². The van der Waals surface area contributed by atoms with Gasteiger partial charge in [0.05, 0.1) is 6.10 Å². The van der Waals surface area contributed by atoms with Crippen LogP contribution in [0.15, 0.2) is 24.3 Å². The zero-order chi connectivity index (χ0) is 14.7. The predicted molar refractivity (Wildman–Crippen MR) is 70.7 cm³/mol. The molecule has 0 bridgehead atoms. The zero-order valence-electron chi connectivity index (χ0n) is 11.6. The molecule has 2 aliphatic carbocycles. The van der Waals surface area contributed by atoms with Crippen LogP contribution >= 0.6 is 0 Å². The zero-order valence-corrected chi connectivity index (χ0v) is 11.6. The molecule has 110 valence electrons. The SMILES string of the molecule is C=C1C(=O)OC2CC3(C)C(O)CCC(=C)C3(OO)CC12. The summed E-state index contributed by atoms with van der Waals surface area (Å²) in [6.07, 6.45) is 1.04. The van der Waals surface area contributed by atoms with E-state index in [0.29, 0.717) is 31.3 Å². The maximum atomic E-state index is 11.7. The second kappa shape index (κ2) is 4.16.